The van der Waals surface area contributed by atoms with Crippen LogP contribution < -0.4 is 10.6 Å². The number of urea groups is 1. The molecule has 0 aliphatic heterocycles. The quantitative estimate of drug-likeness (QED) is 0.650. The Bertz CT molecular complexity index is 916. The number of carbonyl (C=O) groups excluding carboxylic acids is 1. The second-order valence-corrected chi connectivity index (χ2v) is 5.35. The fourth-order valence-electron chi connectivity index (χ4n) is 2.22. The van der Waals surface area contributed by atoms with Crippen LogP contribution in [0.5, 0.6) is 0 Å². The van der Waals surface area contributed by atoms with Crippen LogP contribution in [0.4, 0.5) is 10.5 Å². The number of hydrogen-bond acceptors (Lipinski definition) is 6. The number of benzene rings is 2. The molecule has 2 aromatic carbocycles. The molecule has 130 valence electrons. The molecule has 26 heavy (non-hydrogen) atoms. The van der Waals surface area contributed by atoms with Crippen molar-refractivity contribution < 1.29 is 14.4 Å². The Labute approximate surface area is 149 Å². The maximum Gasteiger partial charge on any atom is 0.319 e. The molecule has 2 amide bonds. The van der Waals surface area contributed by atoms with Crippen LogP contribution in [0.25, 0.3) is 11.4 Å². The van der Waals surface area contributed by atoms with Gasteiger partial charge >= 0.3 is 6.03 Å². The zero-order valence-electron chi connectivity index (χ0n) is 13.6. The first-order valence-corrected chi connectivity index (χ1v) is 7.77. The van der Waals surface area contributed by atoms with Crippen molar-refractivity contribution in [1.29, 1.82) is 5.26 Å². The number of anilines is 1. The number of hydrogen-bond donors (Lipinski definition) is 3. The third-order valence-electron chi connectivity index (χ3n) is 3.53. The van der Waals surface area contributed by atoms with Gasteiger partial charge in [0.15, 0.2) is 0 Å². The first kappa shape index (κ1) is 17.1. The minimum atomic E-state index is -0.849. The van der Waals surface area contributed by atoms with Gasteiger partial charge in [-0.1, -0.05) is 35.5 Å². The van der Waals surface area contributed by atoms with Gasteiger partial charge in [-0.2, -0.15) is 10.2 Å². The lowest BCUT2D eigenvalue weighted by Gasteiger charge is -2.13. The van der Waals surface area contributed by atoms with Crippen molar-refractivity contribution in [2.75, 3.05) is 11.9 Å². The van der Waals surface area contributed by atoms with E-state index in [1.165, 1.54) is 0 Å². The molecule has 0 aliphatic rings. The number of rotatable bonds is 5. The highest BCUT2D eigenvalue weighted by Crippen LogP contribution is 2.18. The third-order valence-corrected chi connectivity index (χ3v) is 3.53. The van der Waals surface area contributed by atoms with Crippen molar-refractivity contribution in [2.45, 2.75) is 6.04 Å². The van der Waals surface area contributed by atoms with Gasteiger partial charge in [0.05, 0.1) is 18.2 Å². The van der Waals surface area contributed by atoms with E-state index in [9.17, 15) is 9.90 Å². The molecule has 1 heterocycles. The van der Waals surface area contributed by atoms with Gasteiger partial charge in [-0.25, -0.2) is 4.79 Å². The smallest absolute Gasteiger partial charge is 0.319 e. The van der Waals surface area contributed by atoms with E-state index in [1.807, 2.05) is 36.4 Å². The van der Waals surface area contributed by atoms with Crippen LogP contribution in [-0.4, -0.2) is 27.9 Å². The van der Waals surface area contributed by atoms with Crippen molar-refractivity contribution in [1.82, 2.24) is 15.5 Å². The number of aromatic nitrogens is 2. The maximum atomic E-state index is 12.1. The van der Waals surface area contributed by atoms with Gasteiger partial charge in [-0.3, -0.25) is 0 Å². The molecular formula is C18H15N5O3. The van der Waals surface area contributed by atoms with Gasteiger partial charge in [0.25, 0.3) is 5.89 Å². The first-order chi connectivity index (χ1) is 12.7. The Hall–Kier alpha value is -3.70. The highest BCUT2D eigenvalue weighted by molar-refractivity contribution is 5.89. The fraction of sp³-hybridized carbons (Fsp3) is 0.111. The summed E-state index contributed by atoms with van der Waals surface area (Å²) in [6.07, 6.45) is 0. The number of nitrogens with one attached hydrogen (secondary N) is 2. The first-order valence-electron chi connectivity index (χ1n) is 7.77. The minimum absolute atomic E-state index is 0.0985. The standard InChI is InChI=1S/C18H15N5O3/c19-10-12-6-8-14(9-7-12)20-18(25)21-15(11-24)17-22-16(23-26-17)13-4-2-1-3-5-13/h1-9,15,24H,11H2,(H2,20,21,25)/t15-/m0/s1. The van der Waals surface area contributed by atoms with Gasteiger partial charge in [-0.15, -0.1) is 0 Å². The van der Waals surface area contributed by atoms with E-state index in [0.717, 1.165) is 5.56 Å². The highest BCUT2D eigenvalue weighted by Gasteiger charge is 2.21. The SMILES string of the molecule is N#Cc1ccc(NC(=O)N[C@@H](CO)c2nc(-c3ccccc3)no2)cc1. The van der Waals surface area contributed by atoms with Gasteiger partial charge in [0.2, 0.25) is 5.82 Å². The molecule has 3 rings (SSSR count). The molecule has 0 bridgehead atoms. The average molecular weight is 349 g/mol. The molecule has 0 fully saturated rings. The predicted octanol–water partition coefficient (Wildman–Crippen LogP) is 2.46. The zero-order valence-corrected chi connectivity index (χ0v) is 13.6. The van der Waals surface area contributed by atoms with E-state index in [0.29, 0.717) is 17.1 Å². The average Bonchev–Trinajstić information content (AvgIpc) is 3.17. The lowest BCUT2D eigenvalue weighted by molar-refractivity contribution is 0.205. The fourth-order valence-corrected chi connectivity index (χ4v) is 2.22. The summed E-state index contributed by atoms with van der Waals surface area (Å²) in [6, 6.07) is 16.2. The molecule has 3 N–H and O–H groups in total. The molecule has 0 spiro atoms. The van der Waals surface area contributed by atoms with Crippen LogP contribution in [-0.2, 0) is 0 Å². The molecule has 0 saturated heterocycles. The second kappa shape index (κ2) is 7.92. The molecule has 8 nitrogen and oxygen atoms in total. The number of aliphatic hydroxyl groups is 1. The number of amides is 2. The van der Waals surface area contributed by atoms with Crippen molar-refractivity contribution in [3.63, 3.8) is 0 Å². The molecule has 0 saturated carbocycles. The summed E-state index contributed by atoms with van der Waals surface area (Å²) in [5, 5.41) is 27.3. The van der Waals surface area contributed by atoms with Crippen LogP contribution in [0.2, 0.25) is 0 Å². The molecule has 3 aromatic rings. The van der Waals surface area contributed by atoms with Crippen molar-refractivity contribution in [3.05, 3.63) is 66.1 Å². The molecule has 0 unspecified atom stereocenters. The summed E-state index contributed by atoms with van der Waals surface area (Å²) >= 11 is 0. The largest absolute Gasteiger partial charge is 0.394 e. The van der Waals surface area contributed by atoms with E-state index in [1.54, 1.807) is 24.3 Å². The summed E-state index contributed by atoms with van der Waals surface area (Å²) < 4.78 is 5.15. The summed E-state index contributed by atoms with van der Waals surface area (Å²) in [7, 11) is 0. The van der Waals surface area contributed by atoms with E-state index in [2.05, 4.69) is 20.8 Å². The van der Waals surface area contributed by atoms with Crippen LogP contribution in [0.3, 0.4) is 0 Å². The molecule has 1 atom stereocenters. The molecule has 1 aromatic heterocycles. The summed E-state index contributed by atoms with van der Waals surface area (Å²) in [5.41, 5.74) is 1.76. The Morgan fingerprint density at radius 2 is 1.92 bits per heavy atom. The summed E-state index contributed by atoms with van der Waals surface area (Å²) in [5.74, 6) is 0.467. The molecular weight excluding hydrogens is 334 g/mol. The second-order valence-electron chi connectivity index (χ2n) is 5.35. The van der Waals surface area contributed by atoms with Gasteiger partial charge in [0, 0.05) is 11.3 Å². The topological polar surface area (TPSA) is 124 Å². The minimum Gasteiger partial charge on any atom is -0.394 e. The lowest BCUT2D eigenvalue weighted by Crippen LogP contribution is -2.34. The number of aliphatic hydroxyl groups excluding tert-OH is 1. The monoisotopic (exact) mass is 349 g/mol. The molecule has 0 aliphatic carbocycles. The number of nitriles is 1. The lowest BCUT2D eigenvalue weighted by atomic mass is 10.2. The molecule has 8 heteroatoms. The summed E-state index contributed by atoms with van der Waals surface area (Å²) in [6.45, 7) is -0.406. The van der Waals surface area contributed by atoms with Crippen LogP contribution in [0.1, 0.15) is 17.5 Å². The maximum absolute atomic E-state index is 12.1. The number of carbonyl (C=O) groups is 1. The third kappa shape index (κ3) is 4.03. The Balaban J connectivity index is 1.66. The number of nitrogens with zero attached hydrogens (tertiary/aromatic N) is 3. The van der Waals surface area contributed by atoms with E-state index < -0.39 is 18.7 Å². The Morgan fingerprint density at radius 1 is 1.19 bits per heavy atom. The molecule has 0 radical (unpaired) electrons. The van der Waals surface area contributed by atoms with E-state index in [4.69, 9.17) is 9.78 Å². The van der Waals surface area contributed by atoms with Gasteiger partial charge < -0.3 is 20.3 Å². The zero-order chi connectivity index (χ0) is 18.4. The Kier molecular flexibility index (Phi) is 5.22. The van der Waals surface area contributed by atoms with Crippen LogP contribution >= 0.6 is 0 Å². The Morgan fingerprint density at radius 3 is 2.58 bits per heavy atom. The van der Waals surface area contributed by atoms with E-state index in [-0.39, 0.29) is 5.89 Å². The van der Waals surface area contributed by atoms with Crippen LogP contribution in [0.15, 0.2) is 59.1 Å². The van der Waals surface area contributed by atoms with Crippen molar-refractivity contribution in [2.24, 2.45) is 0 Å². The van der Waals surface area contributed by atoms with Crippen molar-refractivity contribution >= 4 is 11.7 Å². The normalized spacial score (nSPS) is 11.4. The van der Waals surface area contributed by atoms with Crippen molar-refractivity contribution in [3.8, 4) is 17.5 Å². The summed E-state index contributed by atoms with van der Waals surface area (Å²) in [4.78, 5) is 16.3. The van der Waals surface area contributed by atoms with Crippen LogP contribution in [0, 0.1) is 11.3 Å². The van der Waals surface area contributed by atoms with E-state index >= 15 is 0 Å². The van der Waals surface area contributed by atoms with Gasteiger partial charge in [0.1, 0.15) is 6.04 Å². The van der Waals surface area contributed by atoms with Gasteiger partial charge in [-0.05, 0) is 24.3 Å². The predicted molar refractivity (Wildman–Crippen MR) is 92.9 cm³/mol. The highest BCUT2D eigenvalue weighted by atomic mass is 16.5.